The third kappa shape index (κ3) is 3.69. The van der Waals surface area contributed by atoms with Crippen molar-refractivity contribution in [2.45, 2.75) is 56.6 Å². The Morgan fingerprint density at radius 1 is 1.29 bits per heavy atom. The molecule has 1 unspecified atom stereocenters. The second kappa shape index (κ2) is 8.00. The van der Waals surface area contributed by atoms with Gasteiger partial charge in [-0.1, -0.05) is 31.2 Å². The van der Waals surface area contributed by atoms with E-state index in [9.17, 15) is 14.4 Å². The molecule has 0 fully saturated rings. The van der Waals surface area contributed by atoms with E-state index in [4.69, 9.17) is 0 Å². The lowest BCUT2D eigenvalue weighted by Gasteiger charge is -2.15. The predicted molar refractivity (Wildman–Crippen MR) is 122 cm³/mol. The smallest absolute Gasteiger partial charge is 0.257 e. The second-order valence-corrected chi connectivity index (χ2v) is 9.22. The van der Waals surface area contributed by atoms with Crippen LogP contribution in [0.25, 0.3) is 10.9 Å². The van der Waals surface area contributed by atoms with Gasteiger partial charge in [-0.3, -0.25) is 19.0 Å². The average Bonchev–Trinajstić information content (AvgIpc) is 3.35. The fraction of sp³-hybridized carbons (Fsp3) is 0.391. The van der Waals surface area contributed by atoms with Crippen LogP contribution >= 0.6 is 11.8 Å². The summed E-state index contributed by atoms with van der Waals surface area (Å²) in [5.41, 5.74) is 3.99. The number of H-pyrrole nitrogens is 1. The number of amides is 1. The zero-order valence-corrected chi connectivity index (χ0v) is 18.2. The average molecular weight is 437 g/mol. The summed E-state index contributed by atoms with van der Waals surface area (Å²) in [5, 5.41) is 4.65. The standard InChI is InChI=1S/C23H24N4O3S/c1-2-4-13-9-20(28)25-19-10-14(7-8-16(13)19)24-21(29)11-15-12-31-23-26-18-6-3-5-17(18)22(30)27(15)23/h7-10,15H,2-6,11-12H2,1H3,(H,24,29)(H,25,28). The van der Waals surface area contributed by atoms with Gasteiger partial charge in [0.2, 0.25) is 11.5 Å². The summed E-state index contributed by atoms with van der Waals surface area (Å²) >= 11 is 1.55. The normalized spacial score (nSPS) is 17.0. The number of aryl methyl sites for hydroxylation is 2. The van der Waals surface area contributed by atoms with Gasteiger partial charge in [-0.05, 0) is 43.4 Å². The van der Waals surface area contributed by atoms with Crippen LogP contribution in [0.5, 0.6) is 0 Å². The molecule has 0 saturated carbocycles. The number of pyridine rings is 1. The maximum atomic E-state index is 12.9. The molecule has 31 heavy (non-hydrogen) atoms. The third-order valence-electron chi connectivity index (χ3n) is 6.03. The van der Waals surface area contributed by atoms with Gasteiger partial charge in [0.25, 0.3) is 5.56 Å². The molecule has 0 saturated heterocycles. The van der Waals surface area contributed by atoms with Crippen LogP contribution in [0, 0.1) is 0 Å². The Hall–Kier alpha value is -2.87. The van der Waals surface area contributed by atoms with Gasteiger partial charge in [-0.2, -0.15) is 0 Å². The number of thioether (sulfide) groups is 1. The molecule has 160 valence electrons. The molecule has 2 aliphatic rings. The number of aromatic nitrogens is 3. The minimum atomic E-state index is -0.192. The van der Waals surface area contributed by atoms with Crippen LogP contribution in [-0.2, 0) is 24.1 Å². The molecule has 7 nitrogen and oxygen atoms in total. The van der Waals surface area contributed by atoms with Crippen molar-refractivity contribution in [3.63, 3.8) is 0 Å². The quantitative estimate of drug-likeness (QED) is 0.599. The van der Waals surface area contributed by atoms with Crippen LogP contribution in [0.2, 0.25) is 0 Å². The first-order chi connectivity index (χ1) is 15.0. The molecule has 2 aromatic heterocycles. The summed E-state index contributed by atoms with van der Waals surface area (Å²) in [7, 11) is 0. The van der Waals surface area contributed by atoms with E-state index in [1.54, 1.807) is 28.5 Å². The first kappa shape index (κ1) is 20.1. The molecule has 0 radical (unpaired) electrons. The maximum Gasteiger partial charge on any atom is 0.257 e. The summed E-state index contributed by atoms with van der Waals surface area (Å²) < 4.78 is 1.71. The van der Waals surface area contributed by atoms with Crippen LogP contribution < -0.4 is 16.4 Å². The molecular weight excluding hydrogens is 412 g/mol. The van der Waals surface area contributed by atoms with Crippen molar-refractivity contribution in [1.82, 2.24) is 14.5 Å². The predicted octanol–water partition coefficient (Wildman–Crippen LogP) is 3.20. The molecule has 5 rings (SSSR count). The van der Waals surface area contributed by atoms with Gasteiger partial charge in [0.15, 0.2) is 5.16 Å². The first-order valence-electron chi connectivity index (χ1n) is 10.8. The Balaban J connectivity index is 1.36. The molecule has 1 aliphatic heterocycles. The molecule has 1 atom stereocenters. The Morgan fingerprint density at radius 2 is 2.16 bits per heavy atom. The van der Waals surface area contributed by atoms with Crippen LogP contribution in [0.15, 0.2) is 39.0 Å². The number of carbonyl (C=O) groups excluding carboxylic acids is 1. The monoisotopic (exact) mass is 436 g/mol. The van der Waals surface area contributed by atoms with Crippen molar-refractivity contribution in [2.75, 3.05) is 11.1 Å². The van der Waals surface area contributed by atoms with Crippen molar-refractivity contribution < 1.29 is 4.79 Å². The number of carbonyl (C=O) groups is 1. The summed E-state index contributed by atoms with van der Waals surface area (Å²) in [6, 6.07) is 7.04. The van der Waals surface area contributed by atoms with E-state index in [1.807, 2.05) is 12.1 Å². The molecule has 2 N–H and O–H groups in total. The highest BCUT2D eigenvalue weighted by molar-refractivity contribution is 7.99. The fourth-order valence-electron chi connectivity index (χ4n) is 4.61. The number of rotatable bonds is 5. The van der Waals surface area contributed by atoms with E-state index >= 15 is 0 Å². The minimum absolute atomic E-state index is 0.0204. The van der Waals surface area contributed by atoms with Gasteiger partial charge >= 0.3 is 0 Å². The lowest BCUT2D eigenvalue weighted by Crippen LogP contribution is -2.30. The number of fused-ring (bicyclic) bond motifs is 3. The lowest BCUT2D eigenvalue weighted by molar-refractivity contribution is -0.116. The Bertz CT molecular complexity index is 1310. The molecule has 0 bridgehead atoms. The Kier molecular flexibility index (Phi) is 5.17. The Labute approximate surface area is 183 Å². The van der Waals surface area contributed by atoms with E-state index in [1.165, 1.54) is 0 Å². The fourth-order valence-corrected chi connectivity index (χ4v) is 5.77. The molecule has 1 aromatic carbocycles. The maximum absolute atomic E-state index is 12.9. The van der Waals surface area contributed by atoms with Gasteiger partial charge in [0, 0.05) is 34.9 Å². The van der Waals surface area contributed by atoms with Crippen LogP contribution in [0.1, 0.15) is 49.0 Å². The molecule has 3 heterocycles. The van der Waals surface area contributed by atoms with Gasteiger partial charge < -0.3 is 10.3 Å². The first-order valence-corrected chi connectivity index (χ1v) is 11.7. The highest BCUT2D eigenvalue weighted by Gasteiger charge is 2.31. The number of benzene rings is 1. The van der Waals surface area contributed by atoms with Gasteiger partial charge in [-0.15, -0.1) is 0 Å². The topological polar surface area (TPSA) is 96.8 Å². The summed E-state index contributed by atoms with van der Waals surface area (Å²) in [6.07, 6.45) is 4.62. The molecule has 1 amide bonds. The zero-order valence-electron chi connectivity index (χ0n) is 17.4. The number of hydrogen-bond acceptors (Lipinski definition) is 5. The third-order valence-corrected chi connectivity index (χ3v) is 7.12. The SMILES string of the molecule is CCCc1cc(=O)[nH]c2cc(NC(=O)CC3CSc4nc5c(c(=O)n43)CCC5)ccc12. The van der Waals surface area contributed by atoms with Crippen molar-refractivity contribution in [2.24, 2.45) is 0 Å². The van der Waals surface area contributed by atoms with E-state index in [2.05, 4.69) is 22.2 Å². The minimum Gasteiger partial charge on any atom is -0.326 e. The van der Waals surface area contributed by atoms with Crippen LogP contribution in [0.3, 0.4) is 0 Å². The van der Waals surface area contributed by atoms with Crippen molar-refractivity contribution in [3.8, 4) is 0 Å². The molecule has 8 heteroatoms. The number of nitrogens with one attached hydrogen (secondary N) is 2. The molecular formula is C23H24N4O3S. The van der Waals surface area contributed by atoms with Crippen molar-refractivity contribution in [3.05, 3.63) is 61.8 Å². The van der Waals surface area contributed by atoms with Gasteiger partial charge in [0.05, 0.1) is 17.3 Å². The number of aromatic amines is 1. The van der Waals surface area contributed by atoms with E-state index in [0.717, 1.165) is 59.5 Å². The van der Waals surface area contributed by atoms with Crippen LogP contribution in [-0.4, -0.2) is 26.2 Å². The molecule has 3 aromatic rings. The van der Waals surface area contributed by atoms with Gasteiger partial charge in [-0.25, -0.2) is 4.98 Å². The highest BCUT2D eigenvalue weighted by atomic mass is 32.2. The van der Waals surface area contributed by atoms with Crippen LogP contribution in [0.4, 0.5) is 5.69 Å². The highest BCUT2D eigenvalue weighted by Crippen LogP contribution is 2.34. The largest absolute Gasteiger partial charge is 0.326 e. The lowest BCUT2D eigenvalue weighted by atomic mass is 10.0. The Morgan fingerprint density at radius 3 is 3.00 bits per heavy atom. The summed E-state index contributed by atoms with van der Waals surface area (Å²) in [6.45, 7) is 2.08. The zero-order chi connectivity index (χ0) is 21.5. The van der Waals surface area contributed by atoms with E-state index < -0.39 is 0 Å². The number of nitrogens with zero attached hydrogens (tertiary/aromatic N) is 2. The van der Waals surface area contributed by atoms with Crippen molar-refractivity contribution >= 4 is 34.3 Å². The summed E-state index contributed by atoms with van der Waals surface area (Å²) in [4.78, 5) is 45.2. The second-order valence-electron chi connectivity index (χ2n) is 8.23. The van der Waals surface area contributed by atoms with E-state index in [0.29, 0.717) is 17.0 Å². The molecule has 1 aliphatic carbocycles. The summed E-state index contributed by atoms with van der Waals surface area (Å²) in [5.74, 6) is 0.515. The van der Waals surface area contributed by atoms with E-state index in [-0.39, 0.29) is 29.5 Å². The van der Waals surface area contributed by atoms with Crippen molar-refractivity contribution in [1.29, 1.82) is 0 Å². The molecule has 0 spiro atoms. The number of hydrogen-bond donors (Lipinski definition) is 2. The number of anilines is 1. The van der Waals surface area contributed by atoms with Gasteiger partial charge in [0.1, 0.15) is 0 Å².